The van der Waals surface area contributed by atoms with Crippen LogP contribution >= 0.6 is 11.3 Å². The molecule has 1 unspecified atom stereocenters. The molecule has 0 saturated heterocycles. The zero-order valence-electron chi connectivity index (χ0n) is 13.5. The summed E-state index contributed by atoms with van der Waals surface area (Å²) in [5.41, 5.74) is 2.05. The first-order chi connectivity index (χ1) is 12.3. The van der Waals surface area contributed by atoms with Crippen LogP contribution in [-0.2, 0) is 0 Å². The van der Waals surface area contributed by atoms with Crippen LogP contribution in [0.1, 0.15) is 11.7 Å². The molecule has 0 bridgehead atoms. The minimum atomic E-state index is -0.585. The summed E-state index contributed by atoms with van der Waals surface area (Å²) in [6.45, 7) is 0.395. The molecule has 5 heteroatoms. The smallest absolute Gasteiger partial charge is 0.138 e. The summed E-state index contributed by atoms with van der Waals surface area (Å²) in [6.07, 6.45) is 0.976. The third-order valence-corrected chi connectivity index (χ3v) is 5.13. The van der Waals surface area contributed by atoms with Crippen molar-refractivity contribution in [1.29, 1.82) is 0 Å². The van der Waals surface area contributed by atoms with Crippen molar-refractivity contribution in [2.75, 3.05) is 11.9 Å². The molecule has 25 heavy (non-hydrogen) atoms. The SMILES string of the molecule is OC(CNc1ncnc2sc(-c3ccccc3)cc12)c1ccccc1. The van der Waals surface area contributed by atoms with Crippen molar-refractivity contribution in [1.82, 2.24) is 9.97 Å². The van der Waals surface area contributed by atoms with E-state index in [-0.39, 0.29) is 0 Å². The predicted molar refractivity (Wildman–Crippen MR) is 103 cm³/mol. The summed E-state index contributed by atoms with van der Waals surface area (Å²) < 4.78 is 0. The van der Waals surface area contributed by atoms with E-state index in [1.54, 1.807) is 17.7 Å². The van der Waals surface area contributed by atoms with E-state index < -0.39 is 6.10 Å². The second-order valence-corrected chi connectivity index (χ2v) is 6.76. The fraction of sp³-hybridized carbons (Fsp3) is 0.100. The molecule has 124 valence electrons. The van der Waals surface area contributed by atoms with Crippen LogP contribution in [0.5, 0.6) is 0 Å². The van der Waals surface area contributed by atoms with Crippen LogP contribution in [0.25, 0.3) is 20.7 Å². The number of benzene rings is 2. The fourth-order valence-corrected chi connectivity index (χ4v) is 3.73. The van der Waals surface area contributed by atoms with E-state index >= 15 is 0 Å². The van der Waals surface area contributed by atoms with E-state index in [0.717, 1.165) is 26.5 Å². The van der Waals surface area contributed by atoms with Gasteiger partial charge in [-0.1, -0.05) is 60.7 Å². The lowest BCUT2D eigenvalue weighted by Gasteiger charge is -2.12. The van der Waals surface area contributed by atoms with Gasteiger partial charge in [0, 0.05) is 11.4 Å². The molecule has 4 aromatic rings. The van der Waals surface area contributed by atoms with Gasteiger partial charge in [-0.2, -0.15) is 0 Å². The van der Waals surface area contributed by atoms with Crippen LogP contribution in [0.3, 0.4) is 0 Å². The molecule has 0 amide bonds. The van der Waals surface area contributed by atoms with Gasteiger partial charge in [0.2, 0.25) is 0 Å². The first-order valence-electron chi connectivity index (χ1n) is 8.08. The average molecular weight is 347 g/mol. The van der Waals surface area contributed by atoms with Gasteiger partial charge in [0.1, 0.15) is 17.0 Å². The van der Waals surface area contributed by atoms with E-state index in [0.29, 0.717) is 6.54 Å². The quantitative estimate of drug-likeness (QED) is 0.558. The van der Waals surface area contributed by atoms with Crippen molar-refractivity contribution in [3.8, 4) is 10.4 Å². The minimum absolute atomic E-state index is 0.395. The van der Waals surface area contributed by atoms with Gasteiger partial charge in [-0.05, 0) is 17.2 Å². The molecule has 0 spiro atoms. The number of fused-ring (bicyclic) bond motifs is 1. The number of aromatic nitrogens is 2. The number of thiophene rings is 1. The van der Waals surface area contributed by atoms with E-state index in [9.17, 15) is 5.11 Å². The summed E-state index contributed by atoms with van der Waals surface area (Å²) in [4.78, 5) is 10.8. The highest BCUT2D eigenvalue weighted by molar-refractivity contribution is 7.21. The molecule has 2 aromatic carbocycles. The van der Waals surface area contributed by atoms with E-state index in [1.165, 1.54) is 5.56 Å². The van der Waals surface area contributed by atoms with Gasteiger partial charge in [0.25, 0.3) is 0 Å². The highest BCUT2D eigenvalue weighted by atomic mass is 32.1. The summed E-state index contributed by atoms with van der Waals surface area (Å²) in [7, 11) is 0. The largest absolute Gasteiger partial charge is 0.387 e. The van der Waals surface area contributed by atoms with Crippen LogP contribution in [0.15, 0.2) is 73.1 Å². The Balaban J connectivity index is 1.59. The van der Waals surface area contributed by atoms with Crippen LogP contribution in [0.2, 0.25) is 0 Å². The third kappa shape index (κ3) is 3.38. The molecule has 2 aromatic heterocycles. The Hall–Kier alpha value is -2.76. The molecule has 0 aliphatic rings. The Bertz CT molecular complexity index is 970. The van der Waals surface area contributed by atoms with E-state index in [1.807, 2.05) is 48.5 Å². The molecular formula is C20H17N3OS. The van der Waals surface area contributed by atoms with Crippen molar-refractivity contribution in [3.05, 3.63) is 78.6 Å². The van der Waals surface area contributed by atoms with Crippen molar-refractivity contribution >= 4 is 27.4 Å². The minimum Gasteiger partial charge on any atom is -0.387 e. The molecule has 0 fully saturated rings. The number of hydrogen-bond acceptors (Lipinski definition) is 5. The van der Waals surface area contributed by atoms with Gasteiger partial charge in [-0.15, -0.1) is 11.3 Å². The van der Waals surface area contributed by atoms with Crippen molar-refractivity contribution in [2.45, 2.75) is 6.10 Å². The molecule has 2 heterocycles. The number of rotatable bonds is 5. The molecule has 0 saturated carbocycles. The molecule has 1 atom stereocenters. The number of hydrogen-bond donors (Lipinski definition) is 2. The monoisotopic (exact) mass is 347 g/mol. The van der Waals surface area contributed by atoms with Crippen LogP contribution in [-0.4, -0.2) is 21.6 Å². The Kier molecular flexibility index (Phi) is 4.41. The number of anilines is 1. The molecule has 0 aliphatic heterocycles. The molecule has 0 radical (unpaired) electrons. The van der Waals surface area contributed by atoms with Crippen LogP contribution in [0.4, 0.5) is 5.82 Å². The molecule has 4 nitrogen and oxygen atoms in total. The second kappa shape index (κ2) is 7.01. The Morgan fingerprint density at radius 2 is 1.68 bits per heavy atom. The van der Waals surface area contributed by atoms with Crippen LogP contribution in [0, 0.1) is 0 Å². The lowest BCUT2D eigenvalue weighted by atomic mass is 10.1. The molecule has 0 aliphatic carbocycles. The second-order valence-electron chi connectivity index (χ2n) is 5.73. The Morgan fingerprint density at radius 1 is 0.960 bits per heavy atom. The first-order valence-corrected chi connectivity index (χ1v) is 8.90. The zero-order chi connectivity index (χ0) is 17.1. The third-order valence-electron chi connectivity index (χ3n) is 4.03. The maximum atomic E-state index is 10.3. The first kappa shape index (κ1) is 15.7. The number of nitrogens with one attached hydrogen (secondary N) is 1. The van der Waals surface area contributed by atoms with Gasteiger partial charge < -0.3 is 10.4 Å². The lowest BCUT2D eigenvalue weighted by molar-refractivity contribution is 0.191. The summed E-state index contributed by atoms with van der Waals surface area (Å²) >= 11 is 1.64. The topological polar surface area (TPSA) is 58.0 Å². The zero-order valence-corrected chi connectivity index (χ0v) is 14.3. The number of nitrogens with zero attached hydrogens (tertiary/aromatic N) is 2. The van der Waals surface area contributed by atoms with Crippen molar-refractivity contribution in [2.24, 2.45) is 0 Å². The maximum absolute atomic E-state index is 10.3. The molecule has 4 rings (SSSR count). The van der Waals surface area contributed by atoms with Crippen molar-refractivity contribution in [3.63, 3.8) is 0 Å². The lowest BCUT2D eigenvalue weighted by Crippen LogP contribution is -2.13. The van der Waals surface area contributed by atoms with E-state index in [2.05, 4.69) is 33.5 Å². The molecule has 2 N–H and O–H groups in total. The standard InChI is InChI=1S/C20H17N3OS/c24-17(14-7-3-1-4-8-14)12-21-19-16-11-18(15-9-5-2-6-10-15)25-20(16)23-13-22-19/h1-11,13,17,24H,12H2,(H,21,22,23). The van der Waals surface area contributed by atoms with Gasteiger partial charge in [0.05, 0.1) is 11.5 Å². The van der Waals surface area contributed by atoms with E-state index in [4.69, 9.17) is 0 Å². The van der Waals surface area contributed by atoms with Gasteiger partial charge in [-0.25, -0.2) is 9.97 Å². The number of aliphatic hydroxyl groups excluding tert-OH is 1. The summed E-state index contributed by atoms with van der Waals surface area (Å²) in [6, 6.07) is 22.0. The fourth-order valence-electron chi connectivity index (χ4n) is 2.73. The summed E-state index contributed by atoms with van der Waals surface area (Å²) in [5, 5.41) is 14.6. The predicted octanol–water partition coefficient (Wildman–Crippen LogP) is 4.50. The Morgan fingerprint density at radius 3 is 2.44 bits per heavy atom. The van der Waals surface area contributed by atoms with Crippen molar-refractivity contribution < 1.29 is 5.11 Å². The summed E-state index contributed by atoms with van der Waals surface area (Å²) in [5.74, 6) is 0.749. The van der Waals surface area contributed by atoms with Crippen LogP contribution < -0.4 is 5.32 Å². The highest BCUT2D eigenvalue weighted by Gasteiger charge is 2.12. The van der Waals surface area contributed by atoms with Gasteiger partial charge >= 0.3 is 0 Å². The highest BCUT2D eigenvalue weighted by Crippen LogP contribution is 2.34. The van der Waals surface area contributed by atoms with Gasteiger partial charge in [-0.3, -0.25) is 0 Å². The van der Waals surface area contributed by atoms with Gasteiger partial charge in [0.15, 0.2) is 0 Å². The normalized spacial score (nSPS) is 12.2. The Labute approximate surface area is 149 Å². The average Bonchev–Trinajstić information content (AvgIpc) is 3.12. The number of aliphatic hydroxyl groups is 1. The maximum Gasteiger partial charge on any atom is 0.138 e. The molecular weight excluding hydrogens is 330 g/mol.